The second-order valence-electron chi connectivity index (χ2n) is 8.07. The lowest BCUT2D eigenvalue weighted by Crippen LogP contribution is -2.47. The van der Waals surface area contributed by atoms with Gasteiger partial charge in [0.25, 0.3) is 0 Å². The summed E-state index contributed by atoms with van der Waals surface area (Å²) in [4.78, 5) is 26.9. The fraction of sp³-hybridized carbons (Fsp3) is 0.391. The van der Waals surface area contributed by atoms with Gasteiger partial charge in [-0.1, -0.05) is 36.8 Å². The molecule has 2 aromatic rings. The van der Waals surface area contributed by atoms with Crippen molar-refractivity contribution < 1.29 is 18.0 Å². The highest BCUT2D eigenvalue weighted by molar-refractivity contribution is 7.89. The van der Waals surface area contributed by atoms with E-state index in [1.165, 1.54) is 16.1 Å². The van der Waals surface area contributed by atoms with Gasteiger partial charge in [0.1, 0.15) is 6.04 Å². The third-order valence-corrected chi connectivity index (χ3v) is 7.83. The van der Waals surface area contributed by atoms with Gasteiger partial charge in [0, 0.05) is 38.7 Å². The summed E-state index contributed by atoms with van der Waals surface area (Å²) in [6.07, 6.45) is 3.07. The molecule has 0 bridgehead atoms. The molecule has 1 atom stereocenters. The van der Waals surface area contributed by atoms with Crippen LogP contribution in [-0.4, -0.2) is 43.7 Å². The largest absolute Gasteiger partial charge is 0.350 e. The van der Waals surface area contributed by atoms with Crippen molar-refractivity contribution in [2.24, 2.45) is 0 Å². The maximum atomic E-state index is 13.0. The zero-order chi connectivity index (χ0) is 22.0. The van der Waals surface area contributed by atoms with Crippen molar-refractivity contribution >= 4 is 27.5 Å². The summed E-state index contributed by atoms with van der Waals surface area (Å²) < 4.78 is 27.6. The zero-order valence-electron chi connectivity index (χ0n) is 17.6. The van der Waals surface area contributed by atoms with Crippen LogP contribution < -0.4 is 10.2 Å². The molecule has 2 aliphatic heterocycles. The summed E-state index contributed by atoms with van der Waals surface area (Å²) in [6.45, 7) is 2.85. The Morgan fingerprint density at radius 1 is 1.03 bits per heavy atom. The Balaban J connectivity index is 1.55. The number of hydrogen-bond donors (Lipinski definition) is 1. The Hall–Kier alpha value is -2.71. The van der Waals surface area contributed by atoms with E-state index in [0.717, 1.165) is 24.8 Å². The molecule has 0 radical (unpaired) electrons. The quantitative estimate of drug-likeness (QED) is 0.772. The van der Waals surface area contributed by atoms with Crippen molar-refractivity contribution in [1.82, 2.24) is 9.62 Å². The third-order valence-electron chi connectivity index (χ3n) is 5.94. The maximum absolute atomic E-state index is 13.0. The van der Waals surface area contributed by atoms with Crippen molar-refractivity contribution in [3.05, 3.63) is 59.7 Å². The molecule has 2 aliphatic rings. The fourth-order valence-electron chi connectivity index (χ4n) is 4.34. The van der Waals surface area contributed by atoms with Crippen LogP contribution in [0.15, 0.2) is 53.4 Å². The van der Waals surface area contributed by atoms with E-state index in [1.54, 1.807) is 18.2 Å². The number of nitrogens with zero attached hydrogens (tertiary/aromatic N) is 2. The number of fused-ring (bicyclic) bond motifs is 1. The lowest BCUT2D eigenvalue weighted by atomic mass is 10.1. The van der Waals surface area contributed by atoms with Crippen molar-refractivity contribution in [2.75, 3.05) is 18.0 Å². The predicted octanol–water partition coefficient (Wildman–Crippen LogP) is 2.46. The molecule has 2 amide bonds. The maximum Gasteiger partial charge on any atom is 0.243 e. The minimum atomic E-state index is -3.58. The molecular formula is C23H27N3O4S. The Morgan fingerprint density at radius 3 is 2.42 bits per heavy atom. The molecule has 4 rings (SSSR count). The fourth-order valence-corrected chi connectivity index (χ4v) is 5.91. The molecule has 2 heterocycles. The van der Waals surface area contributed by atoms with E-state index in [9.17, 15) is 18.0 Å². The number of rotatable bonds is 5. The smallest absolute Gasteiger partial charge is 0.243 e. The van der Waals surface area contributed by atoms with E-state index in [2.05, 4.69) is 5.32 Å². The summed E-state index contributed by atoms with van der Waals surface area (Å²) in [5.41, 5.74) is 2.27. The number of carbonyl (C=O) groups is 2. The van der Waals surface area contributed by atoms with Crippen molar-refractivity contribution in [3.8, 4) is 0 Å². The Bertz CT molecular complexity index is 1080. The third kappa shape index (κ3) is 4.36. The molecule has 1 N–H and O–H groups in total. The molecule has 2 aromatic carbocycles. The van der Waals surface area contributed by atoms with Crippen molar-refractivity contribution in [3.63, 3.8) is 0 Å². The van der Waals surface area contributed by atoms with Gasteiger partial charge in [0.2, 0.25) is 21.8 Å². The molecule has 0 saturated carbocycles. The number of nitrogens with one attached hydrogen (secondary N) is 1. The predicted molar refractivity (Wildman–Crippen MR) is 118 cm³/mol. The van der Waals surface area contributed by atoms with Crippen LogP contribution in [0.2, 0.25) is 0 Å². The first-order chi connectivity index (χ1) is 14.9. The summed E-state index contributed by atoms with van der Waals surface area (Å²) >= 11 is 0. The van der Waals surface area contributed by atoms with Gasteiger partial charge in [0.05, 0.1) is 4.90 Å². The van der Waals surface area contributed by atoms with Crippen LogP contribution in [-0.2, 0) is 32.6 Å². The normalized spacial score (nSPS) is 19.1. The molecule has 0 aromatic heterocycles. The average molecular weight is 442 g/mol. The van der Waals surface area contributed by atoms with Crippen molar-refractivity contribution in [2.45, 2.75) is 50.1 Å². The summed E-state index contributed by atoms with van der Waals surface area (Å²) in [5.74, 6) is -0.499. The van der Waals surface area contributed by atoms with E-state index in [-0.39, 0.29) is 16.7 Å². The zero-order valence-corrected chi connectivity index (χ0v) is 18.4. The van der Waals surface area contributed by atoms with E-state index in [1.807, 2.05) is 30.3 Å². The van der Waals surface area contributed by atoms with Gasteiger partial charge in [-0.05, 0) is 42.2 Å². The topological polar surface area (TPSA) is 86.8 Å². The van der Waals surface area contributed by atoms with Crippen molar-refractivity contribution in [1.29, 1.82) is 0 Å². The first-order valence-corrected chi connectivity index (χ1v) is 12.1. The Kier molecular flexibility index (Phi) is 6.11. The van der Waals surface area contributed by atoms with Gasteiger partial charge < -0.3 is 5.32 Å². The van der Waals surface area contributed by atoms with Gasteiger partial charge in [-0.2, -0.15) is 4.31 Å². The number of hydrogen-bond acceptors (Lipinski definition) is 4. The molecule has 31 heavy (non-hydrogen) atoms. The summed E-state index contributed by atoms with van der Waals surface area (Å²) in [6, 6.07) is 13.7. The molecule has 164 valence electrons. The van der Waals surface area contributed by atoms with Crippen LogP contribution >= 0.6 is 0 Å². The number of benzene rings is 2. The molecular weight excluding hydrogens is 414 g/mol. The second-order valence-corrected chi connectivity index (χ2v) is 10.0. The number of amides is 2. The van der Waals surface area contributed by atoms with Gasteiger partial charge >= 0.3 is 0 Å². The first kappa shape index (κ1) is 21.5. The molecule has 1 fully saturated rings. The molecule has 0 unspecified atom stereocenters. The highest BCUT2D eigenvalue weighted by Crippen LogP contribution is 2.35. The highest BCUT2D eigenvalue weighted by Gasteiger charge is 2.38. The standard InChI is InChI=1S/C23H27N3O4S/c1-17(27)26-21-11-10-20(31(29,30)25-12-6-3-7-13-25)14-19(21)15-22(26)23(28)24-16-18-8-4-2-5-9-18/h2,4-5,8-11,14,22H,3,6-7,12-13,15-16H2,1H3,(H,24,28)/t22-/m0/s1. The minimum absolute atomic E-state index is 0.224. The van der Waals surface area contributed by atoms with Crippen LogP contribution in [0.25, 0.3) is 0 Å². The Labute approximate surface area is 183 Å². The summed E-state index contributed by atoms with van der Waals surface area (Å²) in [7, 11) is -3.58. The van der Waals surface area contributed by atoms with Gasteiger partial charge in [-0.25, -0.2) is 8.42 Å². The minimum Gasteiger partial charge on any atom is -0.350 e. The highest BCUT2D eigenvalue weighted by atomic mass is 32.2. The molecule has 8 heteroatoms. The molecule has 7 nitrogen and oxygen atoms in total. The SMILES string of the molecule is CC(=O)N1c2ccc(S(=O)(=O)N3CCCCC3)cc2C[C@H]1C(=O)NCc1ccccc1. The van der Waals surface area contributed by atoms with Crippen LogP contribution in [0.5, 0.6) is 0 Å². The van der Waals surface area contributed by atoms with Gasteiger partial charge in [0.15, 0.2) is 0 Å². The lowest BCUT2D eigenvalue weighted by Gasteiger charge is -2.26. The Morgan fingerprint density at radius 2 is 1.74 bits per heavy atom. The molecule has 1 saturated heterocycles. The van der Waals surface area contributed by atoms with E-state index < -0.39 is 16.1 Å². The molecule has 0 aliphatic carbocycles. The van der Waals surface area contributed by atoms with Crippen LogP contribution in [0.1, 0.15) is 37.3 Å². The molecule has 0 spiro atoms. The second kappa shape index (κ2) is 8.80. The van der Waals surface area contributed by atoms with Gasteiger partial charge in [-0.3, -0.25) is 14.5 Å². The van der Waals surface area contributed by atoms with E-state index in [4.69, 9.17) is 0 Å². The van der Waals surface area contributed by atoms with Crippen LogP contribution in [0, 0.1) is 0 Å². The van der Waals surface area contributed by atoms with Crippen LogP contribution in [0.3, 0.4) is 0 Å². The average Bonchev–Trinajstić information content (AvgIpc) is 3.18. The summed E-state index contributed by atoms with van der Waals surface area (Å²) in [5, 5.41) is 2.90. The van der Waals surface area contributed by atoms with E-state index >= 15 is 0 Å². The van der Waals surface area contributed by atoms with E-state index in [0.29, 0.717) is 37.3 Å². The number of carbonyl (C=O) groups excluding carboxylic acids is 2. The van der Waals surface area contributed by atoms with Gasteiger partial charge in [-0.15, -0.1) is 0 Å². The number of piperidine rings is 1. The first-order valence-electron chi connectivity index (χ1n) is 10.6. The lowest BCUT2D eigenvalue weighted by molar-refractivity contribution is -0.125. The number of anilines is 1. The monoisotopic (exact) mass is 441 g/mol. The van der Waals surface area contributed by atoms with Crippen LogP contribution in [0.4, 0.5) is 5.69 Å². The number of sulfonamides is 1.